The second-order valence-electron chi connectivity index (χ2n) is 5.52. The van der Waals surface area contributed by atoms with Crippen molar-refractivity contribution in [3.05, 3.63) is 0 Å². The summed E-state index contributed by atoms with van der Waals surface area (Å²) in [4.78, 5) is 0. The first-order valence-corrected chi connectivity index (χ1v) is 7.74. The third-order valence-electron chi connectivity index (χ3n) is 4.15. The van der Waals surface area contributed by atoms with Crippen LogP contribution in [0.3, 0.4) is 0 Å². The van der Waals surface area contributed by atoms with E-state index >= 15 is 0 Å². The second kappa shape index (κ2) is 10.2. The molecule has 0 aromatic heterocycles. The molecule has 0 rings (SSSR count). The van der Waals surface area contributed by atoms with E-state index < -0.39 is 0 Å². The lowest BCUT2D eigenvalue weighted by molar-refractivity contribution is 0.193. The van der Waals surface area contributed by atoms with Crippen LogP contribution in [0.4, 0.5) is 0 Å². The van der Waals surface area contributed by atoms with Crippen LogP contribution in [0.25, 0.3) is 0 Å². The van der Waals surface area contributed by atoms with Crippen LogP contribution < -0.4 is 0 Å². The van der Waals surface area contributed by atoms with Gasteiger partial charge >= 0.3 is 0 Å². The van der Waals surface area contributed by atoms with Crippen molar-refractivity contribution in [3.8, 4) is 0 Å². The average molecular weight is 226 g/mol. The Labute approximate surface area is 104 Å². The second-order valence-corrected chi connectivity index (χ2v) is 5.52. The molecule has 0 saturated heterocycles. The van der Waals surface area contributed by atoms with Gasteiger partial charge in [0.25, 0.3) is 0 Å². The van der Waals surface area contributed by atoms with Gasteiger partial charge in [-0.15, -0.1) is 0 Å². The van der Waals surface area contributed by atoms with E-state index in [-0.39, 0.29) is 0 Å². The van der Waals surface area contributed by atoms with Crippen molar-refractivity contribution in [3.63, 3.8) is 0 Å². The Kier molecular flexibility index (Phi) is 10.2. The van der Waals surface area contributed by atoms with Gasteiger partial charge in [-0.25, -0.2) is 0 Å². The van der Waals surface area contributed by atoms with Crippen molar-refractivity contribution in [1.82, 2.24) is 0 Å². The summed E-state index contributed by atoms with van der Waals surface area (Å²) in [7, 11) is 0. The Morgan fingerprint density at radius 3 is 1.69 bits per heavy atom. The fraction of sp³-hybridized carbons (Fsp3) is 1.00. The maximum atomic E-state index is 2.41. The summed E-state index contributed by atoms with van der Waals surface area (Å²) >= 11 is 0. The Morgan fingerprint density at radius 1 is 0.562 bits per heavy atom. The molecular formula is C16H34. The molecule has 0 aliphatic rings. The van der Waals surface area contributed by atoms with Crippen LogP contribution in [-0.4, -0.2) is 0 Å². The largest absolute Gasteiger partial charge is 0.0654 e. The smallest absolute Gasteiger partial charge is 0.0300 e. The fourth-order valence-electron chi connectivity index (χ4n) is 2.91. The first kappa shape index (κ1) is 16.0. The van der Waals surface area contributed by atoms with Crippen LogP contribution in [0, 0.1) is 5.41 Å². The summed E-state index contributed by atoms with van der Waals surface area (Å²) in [5.41, 5.74) is 0.693. The van der Waals surface area contributed by atoms with E-state index in [1.54, 1.807) is 0 Å². The average Bonchev–Trinajstić information content (AvgIpc) is 2.31. The molecule has 0 aliphatic carbocycles. The maximum absolute atomic E-state index is 2.41. The standard InChI is InChI=1S/C16H34/c1-5-9-11-12-15-16(8-4,13-7-3)14-10-6-2/h5-15H2,1-4H3/t16-/m1/s1. The SMILES string of the molecule is CCCCCC[C@](CC)(CCC)CCCC. The molecule has 0 unspecified atom stereocenters. The van der Waals surface area contributed by atoms with Gasteiger partial charge in [0.2, 0.25) is 0 Å². The minimum absolute atomic E-state index is 0.693. The first-order chi connectivity index (χ1) is 7.74. The molecule has 0 spiro atoms. The number of rotatable bonds is 11. The third-order valence-corrected chi connectivity index (χ3v) is 4.15. The molecule has 98 valence electrons. The molecule has 0 radical (unpaired) electrons. The predicted octanol–water partition coefficient (Wildman–Crippen LogP) is 6.34. The minimum Gasteiger partial charge on any atom is -0.0654 e. The van der Waals surface area contributed by atoms with Gasteiger partial charge in [0.15, 0.2) is 0 Å². The van der Waals surface area contributed by atoms with Gasteiger partial charge in [0, 0.05) is 0 Å². The molecule has 0 aliphatic heterocycles. The molecule has 0 N–H and O–H groups in total. The Hall–Kier alpha value is 0. The zero-order valence-corrected chi connectivity index (χ0v) is 12.3. The molecule has 0 aromatic rings. The van der Waals surface area contributed by atoms with Crippen LogP contribution in [0.5, 0.6) is 0 Å². The van der Waals surface area contributed by atoms with E-state index in [0.29, 0.717) is 5.41 Å². The molecule has 0 amide bonds. The highest BCUT2D eigenvalue weighted by molar-refractivity contribution is 4.77. The monoisotopic (exact) mass is 226 g/mol. The summed E-state index contributed by atoms with van der Waals surface area (Å²) in [6.45, 7) is 9.38. The van der Waals surface area contributed by atoms with E-state index in [1.165, 1.54) is 70.6 Å². The normalized spacial score (nSPS) is 15.0. The Morgan fingerprint density at radius 2 is 1.19 bits per heavy atom. The highest BCUT2D eigenvalue weighted by Crippen LogP contribution is 2.39. The molecule has 1 atom stereocenters. The fourth-order valence-corrected chi connectivity index (χ4v) is 2.91. The van der Waals surface area contributed by atoms with Crippen molar-refractivity contribution in [1.29, 1.82) is 0 Å². The number of unbranched alkanes of at least 4 members (excludes halogenated alkanes) is 4. The van der Waals surface area contributed by atoms with Gasteiger partial charge in [0.1, 0.15) is 0 Å². The van der Waals surface area contributed by atoms with Crippen LogP contribution in [0.15, 0.2) is 0 Å². The van der Waals surface area contributed by atoms with E-state index in [9.17, 15) is 0 Å². The van der Waals surface area contributed by atoms with Crippen LogP contribution in [-0.2, 0) is 0 Å². The summed E-state index contributed by atoms with van der Waals surface area (Å²) in [5, 5.41) is 0. The lowest BCUT2D eigenvalue weighted by Gasteiger charge is -2.33. The first-order valence-electron chi connectivity index (χ1n) is 7.74. The van der Waals surface area contributed by atoms with Crippen molar-refractivity contribution < 1.29 is 0 Å². The Bertz CT molecular complexity index is 139. The van der Waals surface area contributed by atoms with Crippen LogP contribution >= 0.6 is 0 Å². The van der Waals surface area contributed by atoms with Crippen molar-refractivity contribution in [2.24, 2.45) is 5.41 Å². The van der Waals surface area contributed by atoms with Crippen LogP contribution in [0.1, 0.15) is 98.3 Å². The molecule has 0 heterocycles. The lowest BCUT2D eigenvalue weighted by Crippen LogP contribution is -2.19. The van der Waals surface area contributed by atoms with E-state index in [1.807, 2.05) is 0 Å². The topological polar surface area (TPSA) is 0 Å². The summed E-state index contributed by atoms with van der Waals surface area (Å²) in [6, 6.07) is 0. The number of hydrogen-bond acceptors (Lipinski definition) is 0. The zero-order chi connectivity index (χ0) is 12.3. The van der Waals surface area contributed by atoms with Crippen molar-refractivity contribution in [2.45, 2.75) is 98.3 Å². The summed E-state index contributed by atoms with van der Waals surface area (Å²) in [5.74, 6) is 0. The lowest BCUT2D eigenvalue weighted by atomic mass is 9.73. The van der Waals surface area contributed by atoms with E-state index in [4.69, 9.17) is 0 Å². The van der Waals surface area contributed by atoms with Gasteiger partial charge in [0.05, 0.1) is 0 Å². The quantitative estimate of drug-likeness (QED) is 0.360. The van der Waals surface area contributed by atoms with Gasteiger partial charge < -0.3 is 0 Å². The molecular weight excluding hydrogens is 192 g/mol. The molecule has 0 nitrogen and oxygen atoms in total. The highest BCUT2D eigenvalue weighted by atomic mass is 14.3. The van der Waals surface area contributed by atoms with Crippen LogP contribution in [0.2, 0.25) is 0 Å². The molecule has 0 saturated carbocycles. The number of hydrogen-bond donors (Lipinski definition) is 0. The summed E-state index contributed by atoms with van der Waals surface area (Å²) in [6.07, 6.45) is 15.7. The zero-order valence-electron chi connectivity index (χ0n) is 12.3. The molecule has 0 fully saturated rings. The van der Waals surface area contributed by atoms with Gasteiger partial charge in [-0.2, -0.15) is 0 Å². The maximum Gasteiger partial charge on any atom is -0.0300 e. The van der Waals surface area contributed by atoms with Gasteiger partial charge in [-0.1, -0.05) is 79.1 Å². The van der Waals surface area contributed by atoms with E-state index in [0.717, 1.165) is 0 Å². The van der Waals surface area contributed by atoms with Gasteiger partial charge in [-0.3, -0.25) is 0 Å². The van der Waals surface area contributed by atoms with Crippen molar-refractivity contribution in [2.75, 3.05) is 0 Å². The summed E-state index contributed by atoms with van der Waals surface area (Å²) < 4.78 is 0. The molecule has 0 bridgehead atoms. The highest BCUT2D eigenvalue weighted by Gasteiger charge is 2.25. The minimum atomic E-state index is 0.693. The van der Waals surface area contributed by atoms with Crippen molar-refractivity contribution >= 4 is 0 Å². The van der Waals surface area contributed by atoms with Gasteiger partial charge in [-0.05, 0) is 24.7 Å². The predicted molar refractivity (Wildman–Crippen MR) is 75.9 cm³/mol. The van der Waals surface area contributed by atoms with E-state index in [2.05, 4.69) is 27.7 Å². The molecule has 0 aromatic carbocycles. The molecule has 0 heteroatoms. The Balaban J connectivity index is 4.04. The third kappa shape index (κ3) is 6.55. The molecule has 16 heavy (non-hydrogen) atoms.